The van der Waals surface area contributed by atoms with Gasteiger partial charge in [-0.2, -0.15) is 0 Å². The first-order valence-electron chi connectivity index (χ1n) is 4.37. The molecule has 0 spiro atoms. The van der Waals surface area contributed by atoms with Gasteiger partial charge in [0.1, 0.15) is 0 Å². The molecule has 0 aliphatic heterocycles. The third-order valence-corrected chi connectivity index (χ3v) is 2.36. The Labute approximate surface area is 73.5 Å². The summed E-state index contributed by atoms with van der Waals surface area (Å²) in [5, 5.41) is 1.17. The zero-order valence-electron chi connectivity index (χ0n) is 7.20. The topological polar surface area (TPSA) is 0 Å². The number of alkyl halides is 1. The molecular formula is C9H19Br. The molecule has 0 aromatic carbocycles. The van der Waals surface area contributed by atoms with Crippen LogP contribution in [-0.4, -0.2) is 5.33 Å². The third kappa shape index (κ3) is 6.60. The van der Waals surface area contributed by atoms with E-state index in [4.69, 9.17) is 0 Å². The van der Waals surface area contributed by atoms with Gasteiger partial charge in [0, 0.05) is 5.33 Å². The van der Waals surface area contributed by atoms with Crippen LogP contribution in [0.4, 0.5) is 0 Å². The summed E-state index contributed by atoms with van der Waals surface area (Å²) in [6.45, 7) is 4.60. The van der Waals surface area contributed by atoms with E-state index in [0.29, 0.717) is 0 Å². The van der Waals surface area contributed by atoms with Crippen molar-refractivity contribution in [2.75, 3.05) is 5.33 Å². The molecule has 0 aromatic heterocycles. The second-order valence-corrected chi connectivity index (χ2v) is 3.87. The molecule has 0 aromatic rings. The second kappa shape index (κ2) is 7.59. The molecule has 1 atom stereocenters. The summed E-state index contributed by atoms with van der Waals surface area (Å²) < 4.78 is 0. The minimum absolute atomic E-state index is 0.922. The number of unbranched alkanes of at least 4 members (excludes halogenated alkanes) is 2. The predicted octanol–water partition coefficient (Wildman–Crippen LogP) is 3.99. The molecular weight excluding hydrogens is 188 g/mol. The Hall–Kier alpha value is 0.480. The first kappa shape index (κ1) is 10.5. The van der Waals surface area contributed by atoms with E-state index in [0.717, 1.165) is 5.92 Å². The molecule has 0 unspecified atom stereocenters. The van der Waals surface area contributed by atoms with Gasteiger partial charge < -0.3 is 0 Å². The van der Waals surface area contributed by atoms with E-state index < -0.39 is 0 Å². The van der Waals surface area contributed by atoms with Gasteiger partial charge in [-0.3, -0.25) is 0 Å². The van der Waals surface area contributed by atoms with Gasteiger partial charge in [0.15, 0.2) is 0 Å². The molecule has 0 bridgehead atoms. The van der Waals surface area contributed by atoms with E-state index >= 15 is 0 Å². The van der Waals surface area contributed by atoms with Crippen molar-refractivity contribution in [1.82, 2.24) is 0 Å². The van der Waals surface area contributed by atoms with Crippen LogP contribution >= 0.6 is 15.9 Å². The average molecular weight is 207 g/mol. The summed E-state index contributed by atoms with van der Waals surface area (Å²) in [5.41, 5.74) is 0. The molecule has 0 aliphatic carbocycles. The van der Waals surface area contributed by atoms with Gasteiger partial charge in [-0.05, 0) is 12.3 Å². The van der Waals surface area contributed by atoms with Crippen molar-refractivity contribution in [2.45, 2.75) is 46.0 Å². The Kier molecular flexibility index (Phi) is 7.95. The lowest BCUT2D eigenvalue weighted by Crippen LogP contribution is -1.94. The number of rotatable bonds is 6. The lowest BCUT2D eigenvalue weighted by Gasteiger charge is -2.07. The summed E-state index contributed by atoms with van der Waals surface area (Å²) in [6, 6.07) is 0. The van der Waals surface area contributed by atoms with Crippen molar-refractivity contribution in [1.29, 1.82) is 0 Å². The van der Waals surface area contributed by atoms with Gasteiger partial charge >= 0.3 is 0 Å². The lowest BCUT2D eigenvalue weighted by molar-refractivity contribution is 0.486. The van der Waals surface area contributed by atoms with Crippen molar-refractivity contribution in [2.24, 2.45) is 5.92 Å². The molecule has 0 saturated carbocycles. The van der Waals surface area contributed by atoms with Crippen LogP contribution in [0.5, 0.6) is 0 Å². The lowest BCUT2D eigenvalue weighted by atomic mass is 10.0. The Morgan fingerprint density at radius 2 is 1.90 bits per heavy atom. The van der Waals surface area contributed by atoms with Crippen LogP contribution in [0.2, 0.25) is 0 Å². The molecule has 0 heterocycles. The zero-order valence-corrected chi connectivity index (χ0v) is 8.78. The Bertz CT molecular complexity index is 61.7. The maximum atomic E-state index is 3.46. The van der Waals surface area contributed by atoms with Crippen molar-refractivity contribution < 1.29 is 0 Å². The first-order valence-corrected chi connectivity index (χ1v) is 5.49. The molecule has 62 valence electrons. The molecule has 0 amide bonds. The summed E-state index contributed by atoms with van der Waals surface area (Å²) >= 11 is 3.46. The van der Waals surface area contributed by atoms with Crippen LogP contribution in [0.25, 0.3) is 0 Å². The van der Waals surface area contributed by atoms with E-state index in [1.54, 1.807) is 0 Å². The van der Waals surface area contributed by atoms with Crippen LogP contribution in [-0.2, 0) is 0 Å². The van der Waals surface area contributed by atoms with Gasteiger partial charge in [0.25, 0.3) is 0 Å². The maximum Gasteiger partial charge on any atom is 0.00338 e. The van der Waals surface area contributed by atoms with Gasteiger partial charge in [-0.1, -0.05) is 55.5 Å². The SMILES string of the molecule is CCCCC[C@H](C)CCBr. The fourth-order valence-electron chi connectivity index (χ4n) is 1.07. The normalized spacial score (nSPS) is 13.5. The Balaban J connectivity index is 2.97. The summed E-state index contributed by atoms with van der Waals surface area (Å²) in [6.07, 6.45) is 6.93. The molecule has 0 N–H and O–H groups in total. The second-order valence-electron chi connectivity index (χ2n) is 3.08. The van der Waals surface area contributed by atoms with Crippen LogP contribution in [0, 0.1) is 5.92 Å². The van der Waals surface area contributed by atoms with Gasteiger partial charge in [-0.25, -0.2) is 0 Å². The van der Waals surface area contributed by atoms with Crippen LogP contribution in [0.15, 0.2) is 0 Å². The monoisotopic (exact) mass is 206 g/mol. The molecule has 0 fully saturated rings. The van der Waals surface area contributed by atoms with Crippen molar-refractivity contribution in [3.8, 4) is 0 Å². The predicted molar refractivity (Wildman–Crippen MR) is 51.7 cm³/mol. The van der Waals surface area contributed by atoms with Crippen LogP contribution in [0.1, 0.15) is 46.0 Å². The molecule has 10 heavy (non-hydrogen) atoms. The molecule has 0 nitrogen and oxygen atoms in total. The molecule has 0 radical (unpaired) electrons. The van der Waals surface area contributed by atoms with E-state index in [9.17, 15) is 0 Å². The van der Waals surface area contributed by atoms with Crippen molar-refractivity contribution in [3.05, 3.63) is 0 Å². The number of halogens is 1. The summed E-state index contributed by atoms with van der Waals surface area (Å²) in [7, 11) is 0. The Morgan fingerprint density at radius 3 is 2.40 bits per heavy atom. The maximum absolute atomic E-state index is 3.46. The Morgan fingerprint density at radius 1 is 1.20 bits per heavy atom. The van der Waals surface area contributed by atoms with Crippen molar-refractivity contribution in [3.63, 3.8) is 0 Å². The van der Waals surface area contributed by atoms with Gasteiger partial charge in [-0.15, -0.1) is 0 Å². The first-order chi connectivity index (χ1) is 4.81. The summed E-state index contributed by atoms with van der Waals surface area (Å²) in [5.74, 6) is 0.922. The van der Waals surface area contributed by atoms with E-state index in [1.807, 2.05) is 0 Å². The molecule has 0 saturated heterocycles. The highest BCUT2D eigenvalue weighted by Crippen LogP contribution is 2.13. The highest BCUT2D eigenvalue weighted by atomic mass is 79.9. The fraction of sp³-hybridized carbons (Fsp3) is 1.00. The van der Waals surface area contributed by atoms with Gasteiger partial charge in [0.05, 0.1) is 0 Å². The van der Waals surface area contributed by atoms with Crippen LogP contribution in [0.3, 0.4) is 0 Å². The average Bonchev–Trinajstić information content (AvgIpc) is 1.89. The number of hydrogen-bond donors (Lipinski definition) is 0. The zero-order chi connectivity index (χ0) is 7.82. The van der Waals surface area contributed by atoms with E-state index in [-0.39, 0.29) is 0 Å². The smallest absolute Gasteiger partial charge is 0.00338 e. The van der Waals surface area contributed by atoms with E-state index in [1.165, 1.54) is 37.4 Å². The summed E-state index contributed by atoms with van der Waals surface area (Å²) in [4.78, 5) is 0. The van der Waals surface area contributed by atoms with Crippen molar-refractivity contribution >= 4 is 15.9 Å². The molecule has 1 heteroatoms. The minimum Gasteiger partial charge on any atom is -0.0928 e. The molecule has 0 aliphatic rings. The fourth-order valence-corrected chi connectivity index (χ4v) is 1.85. The van der Waals surface area contributed by atoms with Crippen LogP contribution < -0.4 is 0 Å². The third-order valence-electron chi connectivity index (χ3n) is 1.90. The van der Waals surface area contributed by atoms with Gasteiger partial charge in [0.2, 0.25) is 0 Å². The quantitative estimate of drug-likeness (QED) is 0.456. The van der Waals surface area contributed by atoms with E-state index in [2.05, 4.69) is 29.8 Å². The standard InChI is InChI=1S/C9H19Br/c1-3-4-5-6-9(2)7-8-10/h9H,3-8H2,1-2H3/t9-/m0/s1. The number of hydrogen-bond acceptors (Lipinski definition) is 0. The highest BCUT2D eigenvalue weighted by Gasteiger charge is 1.98. The minimum atomic E-state index is 0.922. The highest BCUT2D eigenvalue weighted by molar-refractivity contribution is 9.09. The largest absolute Gasteiger partial charge is 0.0928 e. The molecule has 0 rings (SSSR count).